The van der Waals surface area contributed by atoms with Gasteiger partial charge >= 0.3 is 0 Å². The molecule has 0 spiro atoms. The molecule has 2 amide bonds. The molecule has 160 valence electrons. The van der Waals surface area contributed by atoms with Crippen LogP contribution in [-0.2, 0) is 26.0 Å². The van der Waals surface area contributed by atoms with Crippen LogP contribution in [-0.4, -0.2) is 55.3 Å². The second-order valence-electron chi connectivity index (χ2n) is 7.92. The van der Waals surface area contributed by atoms with Crippen molar-refractivity contribution in [2.45, 2.75) is 38.4 Å². The fraction of sp³-hybridized carbons (Fsp3) is 0.429. The molecule has 8 nitrogen and oxygen atoms in total. The van der Waals surface area contributed by atoms with Crippen molar-refractivity contribution < 1.29 is 22.4 Å². The Morgan fingerprint density at radius 1 is 1.27 bits per heavy atom. The second-order valence-corrected chi connectivity index (χ2v) is 10.2. The lowest BCUT2D eigenvalue weighted by Crippen LogP contribution is -2.47. The summed E-state index contributed by atoms with van der Waals surface area (Å²) in [6.07, 6.45) is 2.24. The highest BCUT2D eigenvalue weighted by Crippen LogP contribution is 2.32. The van der Waals surface area contributed by atoms with Gasteiger partial charge in [-0.05, 0) is 37.6 Å². The number of benzene rings is 1. The highest BCUT2D eigenvalue weighted by molar-refractivity contribution is 7.91. The van der Waals surface area contributed by atoms with E-state index in [-0.39, 0.29) is 48.4 Å². The van der Waals surface area contributed by atoms with Crippen molar-refractivity contribution in [3.63, 3.8) is 0 Å². The van der Waals surface area contributed by atoms with Gasteiger partial charge < -0.3 is 14.6 Å². The number of carbonyl (C=O) groups is 2. The molecule has 4 rings (SSSR count). The van der Waals surface area contributed by atoms with Gasteiger partial charge in [0.2, 0.25) is 11.8 Å². The fourth-order valence-corrected chi connectivity index (χ4v) is 5.96. The molecule has 0 radical (unpaired) electrons. The number of rotatable bonds is 5. The lowest BCUT2D eigenvalue weighted by Gasteiger charge is -2.32. The van der Waals surface area contributed by atoms with Gasteiger partial charge in [-0.1, -0.05) is 12.1 Å². The summed E-state index contributed by atoms with van der Waals surface area (Å²) < 4.78 is 29.5. The zero-order valence-corrected chi connectivity index (χ0v) is 17.6. The third-order valence-corrected chi connectivity index (χ3v) is 7.38. The largest absolute Gasteiger partial charge is 0.468 e. The first-order valence-corrected chi connectivity index (χ1v) is 11.8. The Morgan fingerprint density at radius 3 is 2.77 bits per heavy atom. The quantitative estimate of drug-likeness (QED) is 0.778. The van der Waals surface area contributed by atoms with E-state index >= 15 is 0 Å². The monoisotopic (exact) mass is 431 g/mol. The zero-order chi connectivity index (χ0) is 21.3. The molecule has 2 atom stereocenters. The molecule has 1 aromatic carbocycles. The number of anilines is 2. The summed E-state index contributed by atoms with van der Waals surface area (Å²) in [5.74, 6) is 0.518. The van der Waals surface area contributed by atoms with E-state index in [1.165, 1.54) is 0 Å². The van der Waals surface area contributed by atoms with Crippen LogP contribution in [0.3, 0.4) is 0 Å². The molecular weight excluding hydrogens is 406 g/mol. The van der Waals surface area contributed by atoms with Crippen molar-refractivity contribution in [2.75, 3.05) is 28.3 Å². The number of nitrogens with one attached hydrogen (secondary N) is 1. The van der Waals surface area contributed by atoms with Gasteiger partial charge in [0.1, 0.15) is 5.76 Å². The molecule has 1 aromatic heterocycles. The van der Waals surface area contributed by atoms with E-state index in [1.807, 2.05) is 36.1 Å². The van der Waals surface area contributed by atoms with E-state index in [1.54, 1.807) is 23.3 Å². The van der Waals surface area contributed by atoms with E-state index in [2.05, 4.69) is 5.32 Å². The topological polar surface area (TPSA) is 99.9 Å². The Kier molecular flexibility index (Phi) is 5.66. The summed E-state index contributed by atoms with van der Waals surface area (Å²) in [5.41, 5.74) is 1.25. The minimum atomic E-state index is -3.10. The number of carbonyl (C=O) groups excluding carboxylic acids is 2. The Bertz CT molecular complexity index is 1030. The number of fused-ring (bicyclic) bond motifs is 1. The van der Waals surface area contributed by atoms with Crippen LogP contribution in [0.4, 0.5) is 11.4 Å². The first-order chi connectivity index (χ1) is 14.3. The maximum absolute atomic E-state index is 13.5. The van der Waals surface area contributed by atoms with Gasteiger partial charge in [-0.2, -0.15) is 0 Å². The molecule has 0 bridgehead atoms. The van der Waals surface area contributed by atoms with E-state index in [9.17, 15) is 18.0 Å². The molecule has 2 aliphatic rings. The third kappa shape index (κ3) is 4.41. The molecule has 1 saturated heterocycles. The van der Waals surface area contributed by atoms with E-state index in [0.29, 0.717) is 30.1 Å². The number of amides is 2. The van der Waals surface area contributed by atoms with Gasteiger partial charge in [0.15, 0.2) is 9.84 Å². The Balaban J connectivity index is 1.60. The first-order valence-electron chi connectivity index (χ1n) is 10.0. The number of hydrogen-bond donors (Lipinski definition) is 1. The van der Waals surface area contributed by atoms with E-state index in [4.69, 9.17) is 4.42 Å². The smallest absolute Gasteiger partial charge is 0.241 e. The molecule has 0 saturated carbocycles. The maximum atomic E-state index is 13.5. The van der Waals surface area contributed by atoms with Gasteiger partial charge in [-0.25, -0.2) is 8.42 Å². The molecule has 9 heteroatoms. The van der Waals surface area contributed by atoms with E-state index in [0.717, 1.165) is 0 Å². The average molecular weight is 432 g/mol. The van der Waals surface area contributed by atoms with Gasteiger partial charge in [-0.3, -0.25) is 14.5 Å². The van der Waals surface area contributed by atoms with Crippen LogP contribution in [0, 0.1) is 0 Å². The molecule has 1 fully saturated rings. The van der Waals surface area contributed by atoms with Gasteiger partial charge in [0.25, 0.3) is 0 Å². The van der Waals surface area contributed by atoms with Crippen molar-refractivity contribution in [1.82, 2.24) is 4.90 Å². The number of hydrogen-bond acceptors (Lipinski definition) is 6. The van der Waals surface area contributed by atoms with Crippen molar-refractivity contribution in [3.8, 4) is 0 Å². The Hall–Kier alpha value is -2.65. The van der Waals surface area contributed by atoms with Crippen molar-refractivity contribution in [1.29, 1.82) is 0 Å². The van der Waals surface area contributed by atoms with Crippen LogP contribution < -0.4 is 10.2 Å². The predicted octanol–water partition coefficient (Wildman–Crippen LogP) is 2.03. The van der Waals surface area contributed by atoms with Crippen LogP contribution in [0.5, 0.6) is 0 Å². The number of nitrogens with zero attached hydrogens (tertiary/aromatic N) is 2. The Labute approximate surface area is 175 Å². The van der Waals surface area contributed by atoms with Crippen molar-refractivity contribution >= 4 is 33.0 Å². The molecule has 1 N–H and O–H groups in total. The highest BCUT2D eigenvalue weighted by Gasteiger charge is 2.36. The highest BCUT2D eigenvalue weighted by atomic mass is 32.2. The van der Waals surface area contributed by atoms with Gasteiger partial charge in [-0.15, -0.1) is 0 Å². The van der Waals surface area contributed by atoms with Crippen LogP contribution >= 0.6 is 0 Å². The summed E-state index contributed by atoms with van der Waals surface area (Å²) in [6.45, 7) is 2.23. The SMILES string of the molecule is CC1CC(=O)Nc2ccccc2N1C(=O)CN(Cc1ccco1)C1CCS(=O)(=O)C1. The lowest BCUT2D eigenvalue weighted by atomic mass is 10.1. The number of furan rings is 1. The number of para-hydroxylation sites is 2. The van der Waals surface area contributed by atoms with Gasteiger partial charge in [0, 0.05) is 18.5 Å². The fourth-order valence-electron chi connectivity index (χ4n) is 4.20. The minimum absolute atomic E-state index is 0.0349. The predicted molar refractivity (Wildman–Crippen MR) is 113 cm³/mol. The molecule has 0 aliphatic carbocycles. The molecular formula is C21H25N3O5S. The molecule has 2 unspecified atom stereocenters. The van der Waals surface area contributed by atoms with Crippen molar-refractivity contribution in [3.05, 3.63) is 48.4 Å². The molecule has 30 heavy (non-hydrogen) atoms. The second kappa shape index (κ2) is 8.23. The summed E-state index contributed by atoms with van der Waals surface area (Å²) in [7, 11) is -3.10. The first kappa shape index (κ1) is 20.6. The van der Waals surface area contributed by atoms with E-state index < -0.39 is 9.84 Å². The minimum Gasteiger partial charge on any atom is -0.468 e. The molecule has 2 aromatic rings. The molecule has 2 aliphatic heterocycles. The normalized spacial score (nSPS) is 23.1. The van der Waals surface area contributed by atoms with Gasteiger partial charge in [0.05, 0.1) is 42.2 Å². The molecule has 3 heterocycles. The number of sulfone groups is 1. The third-order valence-electron chi connectivity index (χ3n) is 5.63. The van der Waals surface area contributed by atoms with Crippen LogP contribution in [0.2, 0.25) is 0 Å². The lowest BCUT2D eigenvalue weighted by molar-refractivity contribution is -0.121. The standard InChI is InChI=1S/C21H25N3O5S/c1-15-11-20(25)22-18-6-2-3-7-19(18)24(15)21(26)13-23(12-17-5-4-9-29-17)16-8-10-30(27,28)14-16/h2-7,9,15-16H,8,10-14H2,1H3,(H,22,25). The zero-order valence-electron chi connectivity index (χ0n) is 16.8. The summed E-state index contributed by atoms with van der Waals surface area (Å²) in [6, 6.07) is 10.2. The van der Waals surface area contributed by atoms with Crippen LogP contribution in [0.15, 0.2) is 47.1 Å². The van der Waals surface area contributed by atoms with Crippen LogP contribution in [0.1, 0.15) is 25.5 Å². The Morgan fingerprint density at radius 2 is 2.07 bits per heavy atom. The van der Waals surface area contributed by atoms with Crippen molar-refractivity contribution in [2.24, 2.45) is 0 Å². The summed E-state index contributed by atoms with van der Waals surface area (Å²) in [5, 5.41) is 2.85. The maximum Gasteiger partial charge on any atom is 0.241 e. The van der Waals surface area contributed by atoms with Crippen LogP contribution in [0.25, 0.3) is 0 Å². The average Bonchev–Trinajstić information content (AvgIpc) is 3.28. The summed E-state index contributed by atoms with van der Waals surface area (Å²) >= 11 is 0. The summed E-state index contributed by atoms with van der Waals surface area (Å²) in [4.78, 5) is 29.2.